The first kappa shape index (κ1) is 59.4. The number of aliphatic hydroxyl groups excluding tert-OH is 2. The SMILES string of the molecule is CO[C@@H]1C[C@H](C[C@@H](C)[C@@H]2CC(=O)[C@H](C)C=C(C)[C@@H](O)[C@@H](OC)C(=O)[C@H](C)C[C@H](C)C=CC=CC=C(C)[C@@H](OCC3COC3)C[C@@H]3CC[C@@H](C)[C@@](O)(O3)C(=O)C(=O)N3CCCC[C@H]3C(=O)O2)CC[C@H]1OCCO. The summed E-state index contributed by atoms with van der Waals surface area (Å²) < 4.78 is 41.8. The van der Waals surface area contributed by atoms with E-state index in [1.807, 2.05) is 58.1 Å². The molecule has 16 heteroatoms. The summed E-state index contributed by atoms with van der Waals surface area (Å²) in [5.74, 6) is -7.79. The molecule has 5 rings (SSSR count). The van der Waals surface area contributed by atoms with Gasteiger partial charge in [-0.15, -0.1) is 0 Å². The van der Waals surface area contributed by atoms with Gasteiger partial charge in [-0.2, -0.15) is 0 Å². The van der Waals surface area contributed by atoms with E-state index in [1.165, 1.54) is 12.0 Å². The van der Waals surface area contributed by atoms with Crippen molar-refractivity contribution in [1.82, 2.24) is 4.90 Å². The molecule has 0 spiro atoms. The quantitative estimate of drug-likeness (QED) is 0.119. The van der Waals surface area contributed by atoms with E-state index in [-0.39, 0.29) is 80.0 Å². The number of Topliss-reactive ketones (excluding diaryl/α,β-unsaturated/α-hetero) is 3. The molecule has 3 saturated heterocycles. The number of hydrogen-bond acceptors (Lipinski definition) is 15. The van der Waals surface area contributed by atoms with Crippen molar-refractivity contribution in [3.05, 3.63) is 47.6 Å². The minimum Gasteiger partial charge on any atom is -0.460 e. The summed E-state index contributed by atoms with van der Waals surface area (Å²) >= 11 is 0. The van der Waals surface area contributed by atoms with Crippen LogP contribution in [0.1, 0.15) is 126 Å². The number of carbonyl (C=O) groups excluding carboxylic acids is 5. The van der Waals surface area contributed by atoms with E-state index in [1.54, 1.807) is 34.0 Å². The molecule has 4 fully saturated rings. The van der Waals surface area contributed by atoms with Crippen LogP contribution in [0.4, 0.5) is 0 Å². The van der Waals surface area contributed by atoms with Gasteiger partial charge in [0.2, 0.25) is 5.79 Å². The third-order valence-electron chi connectivity index (χ3n) is 15.8. The van der Waals surface area contributed by atoms with Crippen molar-refractivity contribution in [3.8, 4) is 0 Å². The average molecular weight is 1010 g/mol. The number of rotatable bonds is 11. The number of methoxy groups -OCH3 is 2. The maximum absolute atomic E-state index is 14.6. The van der Waals surface area contributed by atoms with Gasteiger partial charge in [0.25, 0.3) is 11.7 Å². The predicted molar refractivity (Wildman–Crippen MR) is 269 cm³/mol. The first-order chi connectivity index (χ1) is 34.3. The van der Waals surface area contributed by atoms with E-state index in [0.717, 1.165) is 12.0 Å². The molecule has 0 aromatic rings. The standard InChI is InChI=1S/C56H87NO15/c1-34-15-11-10-12-16-35(2)47(70-33-42-31-68-32-42)29-43-20-18-40(7)56(65,72-43)53(62)54(63)57-22-14-13-17-44(57)55(64)71-48(37(4)27-41-19-21-46(69-24-23-58)49(28-41)66-8)30-45(59)36(3)26-39(6)51(61)52(67-9)50(60)38(5)25-34/h10-12,15-16,26,34,36-38,40-44,46-49,51-52,58,61,65H,13-14,17-25,27-33H2,1-9H3/t34-,36-,37-,38-,40-,41+,43+,44+,46-,47+,48+,49-,51-,52+,56-/m1/s1. The van der Waals surface area contributed by atoms with Crippen LogP contribution >= 0.6 is 0 Å². The fourth-order valence-electron chi connectivity index (χ4n) is 11.0. The zero-order chi connectivity index (χ0) is 52.7. The Morgan fingerprint density at radius 3 is 2.28 bits per heavy atom. The van der Waals surface area contributed by atoms with Crippen LogP contribution in [0.5, 0.6) is 0 Å². The molecule has 0 aromatic heterocycles. The molecule has 1 aliphatic carbocycles. The second-order valence-corrected chi connectivity index (χ2v) is 21.7. The van der Waals surface area contributed by atoms with Crippen LogP contribution in [-0.2, 0) is 57.1 Å². The Bertz CT molecular complexity index is 1930. The van der Waals surface area contributed by atoms with Gasteiger partial charge in [-0.25, -0.2) is 4.79 Å². The molecule has 0 aromatic carbocycles. The number of piperidine rings is 1. The average Bonchev–Trinajstić information content (AvgIpc) is 3.34. The largest absolute Gasteiger partial charge is 0.460 e. The van der Waals surface area contributed by atoms with E-state index in [4.69, 9.17) is 33.2 Å². The topological polar surface area (TPSA) is 214 Å². The Morgan fingerprint density at radius 2 is 1.60 bits per heavy atom. The number of carbonyl (C=O) groups is 5. The lowest BCUT2D eigenvalue weighted by molar-refractivity contribution is -0.266. The van der Waals surface area contributed by atoms with Crippen LogP contribution in [0.3, 0.4) is 0 Å². The lowest BCUT2D eigenvalue weighted by Gasteiger charge is -2.43. The number of aliphatic hydroxyl groups is 3. The number of cyclic esters (lactones) is 1. The molecule has 2 bridgehead atoms. The molecule has 15 atom stereocenters. The summed E-state index contributed by atoms with van der Waals surface area (Å²) in [5, 5.41) is 33.0. The van der Waals surface area contributed by atoms with Crippen LogP contribution in [-0.4, -0.2) is 158 Å². The molecule has 0 radical (unpaired) electrons. The molecule has 16 nitrogen and oxygen atoms in total. The molecule has 5 aliphatic rings. The number of allylic oxidation sites excluding steroid dienone is 6. The van der Waals surface area contributed by atoms with Gasteiger partial charge in [-0.3, -0.25) is 19.2 Å². The van der Waals surface area contributed by atoms with Gasteiger partial charge in [0, 0.05) is 57.3 Å². The number of amides is 1. The van der Waals surface area contributed by atoms with Gasteiger partial charge in [-0.1, -0.05) is 71.1 Å². The fourth-order valence-corrected chi connectivity index (χ4v) is 11.0. The first-order valence-electron chi connectivity index (χ1n) is 26.7. The lowest BCUT2D eigenvalue weighted by atomic mass is 9.78. The highest BCUT2D eigenvalue weighted by Crippen LogP contribution is 2.38. The van der Waals surface area contributed by atoms with E-state index >= 15 is 0 Å². The number of esters is 1. The fraction of sp³-hybridized carbons (Fsp3) is 0.768. The van der Waals surface area contributed by atoms with Crippen LogP contribution in [0.25, 0.3) is 0 Å². The van der Waals surface area contributed by atoms with E-state index in [0.29, 0.717) is 83.2 Å². The summed E-state index contributed by atoms with van der Waals surface area (Å²) in [5.41, 5.74) is 1.28. The lowest BCUT2D eigenvalue weighted by Crippen LogP contribution is -2.61. The van der Waals surface area contributed by atoms with Crippen molar-refractivity contribution in [3.63, 3.8) is 0 Å². The minimum absolute atomic E-state index is 0.00566. The van der Waals surface area contributed by atoms with Crippen LogP contribution in [0, 0.1) is 41.4 Å². The zero-order valence-corrected chi connectivity index (χ0v) is 44.5. The number of fused-ring (bicyclic) bond motifs is 3. The Balaban J connectivity index is 1.47. The molecule has 406 valence electrons. The third kappa shape index (κ3) is 16.0. The molecule has 0 unspecified atom stereocenters. The van der Waals surface area contributed by atoms with Gasteiger partial charge < -0.3 is 53.4 Å². The maximum atomic E-state index is 14.6. The Morgan fingerprint density at radius 1 is 0.847 bits per heavy atom. The van der Waals surface area contributed by atoms with Gasteiger partial charge in [-0.05, 0) is 107 Å². The summed E-state index contributed by atoms with van der Waals surface area (Å²) in [7, 11) is 3.01. The normalized spacial score (nSPS) is 36.5. The summed E-state index contributed by atoms with van der Waals surface area (Å²) in [6, 6.07) is -1.15. The molecular weight excluding hydrogens is 927 g/mol. The van der Waals surface area contributed by atoms with Crippen molar-refractivity contribution in [1.29, 1.82) is 0 Å². The summed E-state index contributed by atoms with van der Waals surface area (Å²) in [6.45, 7) is 14.6. The zero-order valence-electron chi connectivity index (χ0n) is 44.5. The Labute approximate surface area is 428 Å². The van der Waals surface area contributed by atoms with Crippen LogP contribution in [0.2, 0.25) is 0 Å². The molecule has 72 heavy (non-hydrogen) atoms. The van der Waals surface area contributed by atoms with Crippen molar-refractivity contribution >= 4 is 29.2 Å². The van der Waals surface area contributed by atoms with Crippen molar-refractivity contribution in [2.24, 2.45) is 41.4 Å². The molecule has 1 saturated carbocycles. The minimum atomic E-state index is -2.45. The predicted octanol–water partition coefficient (Wildman–Crippen LogP) is 6.21. The van der Waals surface area contributed by atoms with Crippen molar-refractivity contribution in [2.75, 3.05) is 53.8 Å². The van der Waals surface area contributed by atoms with Gasteiger partial charge >= 0.3 is 5.97 Å². The molecule has 4 aliphatic heterocycles. The van der Waals surface area contributed by atoms with E-state index < -0.39 is 77.8 Å². The van der Waals surface area contributed by atoms with E-state index in [9.17, 15) is 39.3 Å². The number of ketones is 3. The highest BCUT2D eigenvalue weighted by molar-refractivity contribution is 6.39. The third-order valence-corrected chi connectivity index (χ3v) is 15.8. The summed E-state index contributed by atoms with van der Waals surface area (Å²) in [4.78, 5) is 72.7. The number of nitrogens with zero attached hydrogens (tertiary/aromatic N) is 1. The smallest absolute Gasteiger partial charge is 0.329 e. The summed E-state index contributed by atoms with van der Waals surface area (Å²) in [6.07, 6.45) is 12.0. The monoisotopic (exact) mass is 1010 g/mol. The van der Waals surface area contributed by atoms with Crippen LogP contribution in [0.15, 0.2) is 47.6 Å². The van der Waals surface area contributed by atoms with Crippen LogP contribution < -0.4 is 0 Å². The number of ether oxygens (including phenoxy) is 7. The van der Waals surface area contributed by atoms with Gasteiger partial charge in [0.05, 0.1) is 57.5 Å². The van der Waals surface area contributed by atoms with E-state index in [2.05, 4.69) is 0 Å². The van der Waals surface area contributed by atoms with Crippen molar-refractivity contribution in [2.45, 2.75) is 180 Å². The maximum Gasteiger partial charge on any atom is 0.329 e. The molecule has 4 heterocycles. The van der Waals surface area contributed by atoms with Crippen molar-refractivity contribution < 1.29 is 72.5 Å². The molecular formula is C56H87NO15. The van der Waals surface area contributed by atoms with Gasteiger partial charge in [0.1, 0.15) is 30.1 Å². The first-order valence-corrected chi connectivity index (χ1v) is 26.7. The second-order valence-electron chi connectivity index (χ2n) is 21.7. The Kier molecular flexibility index (Phi) is 23.5. The molecule has 3 N–H and O–H groups in total. The number of hydrogen-bond donors (Lipinski definition) is 3. The van der Waals surface area contributed by atoms with Gasteiger partial charge in [0.15, 0.2) is 5.78 Å². The molecule has 1 amide bonds. The highest BCUT2D eigenvalue weighted by atomic mass is 16.6. The second kappa shape index (κ2) is 28.4. The Hall–Kier alpha value is -3.45. The highest BCUT2D eigenvalue weighted by Gasteiger charge is 2.53.